The Labute approximate surface area is 145 Å². The highest BCUT2D eigenvalue weighted by Gasteiger charge is 2.13. The molecule has 2 aromatic heterocycles. The summed E-state index contributed by atoms with van der Waals surface area (Å²) in [4.78, 5) is 9.11. The number of aromatic nitrogens is 2. The van der Waals surface area contributed by atoms with Crippen LogP contribution in [0.5, 0.6) is 0 Å². The number of hydrogen-bond donors (Lipinski definition) is 0. The minimum atomic E-state index is 0.399. The number of rotatable bonds is 4. The summed E-state index contributed by atoms with van der Waals surface area (Å²) in [7, 11) is 0. The van der Waals surface area contributed by atoms with Crippen LogP contribution in [0, 0.1) is 0 Å². The predicted molar refractivity (Wildman–Crippen MR) is 99.8 cm³/mol. The lowest BCUT2D eigenvalue weighted by Crippen LogP contribution is -1.98. The molecule has 3 nitrogen and oxygen atoms in total. The minimum Gasteiger partial charge on any atom is -0.443 e. The molecule has 0 aliphatic carbocycles. The summed E-state index contributed by atoms with van der Waals surface area (Å²) in [5.74, 6) is 0.934. The topological polar surface area (TPSA) is 38.9 Å². The molecule has 0 spiro atoms. The van der Waals surface area contributed by atoms with Crippen LogP contribution in [-0.2, 0) is 6.42 Å². The van der Waals surface area contributed by atoms with E-state index < -0.39 is 0 Å². The average molecular weight is 336 g/mol. The summed E-state index contributed by atoms with van der Waals surface area (Å²) < 4.78 is 6.59. The number of oxazole rings is 1. The summed E-state index contributed by atoms with van der Waals surface area (Å²) >= 11 is 1.80. The lowest BCUT2D eigenvalue weighted by molar-refractivity contribution is 0.602. The molecule has 24 heavy (non-hydrogen) atoms. The van der Waals surface area contributed by atoms with Crippen molar-refractivity contribution in [2.45, 2.75) is 39.0 Å². The molecule has 1 atom stereocenters. The maximum absolute atomic E-state index is 5.32. The van der Waals surface area contributed by atoms with Gasteiger partial charge in [0.1, 0.15) is 5.52 Å². The molecule has 4 rings (SSSR count). The van der Waals surface area contributed by atoms with Crippen LogP contribution in [0.25, 0.3) is 21.3 Å². The van der Waals surface area contributed by atoms with E-state index in [0.29, 0.717) is 11.8 Å². The lowest BCUT2D eigenvalue weighted by Gasteiger charge is -2.09. The van der Waals surface area contributed by atoms with Gasteiger partial charge in [-0.15, -0.1) is 11.3 Å². The van der Waals surface area contributed by atoms with Crippen molar-refractivity contribution in [1.82, 2.24) is 9.97 Å². The molecule has 4 heteroatoms. The summed E-state index contributed by atoms with van der Waals surface area (Å²) in [6.07, 6.45) is 2.44. The van der Waals surface area contributed by atoms with E-state index in [2.05, 4.69) is 56.1 Å². The van der Waals surface area contributed by atoms with Crippen molar-refractivity contribution in [3.63, 3.8) is 0 Å². The van der Waals surface area contributed by atoms with Gasteiger partial charge in [-0.2, -0.15) is 0 Å². The first kappa shape index (κ1) is 15.3. The molecule has 4 aromatic rings. The zero-order valence-corrected chi connectivity index (χ0v) is 14.9. The first-order valence-electron chi connectivity index (χ1n) is 8.32. The van der Waals surface area contributed by atoms with E-state index in [-0.39, 0.29) is 0 Å². The summed E-state index contributed by atoms with van der Waals surface area (Å²) in [5, 5.41) is 1.19. The molecule has 0 saturated heterocycles. The van der Waals surface area contributed by atoms with E-state index in [1.54, 1.807) is 11.3 Å². The Kier molecular flexibility index (Phi) is 3.85. The summed E-state index contributed by atoms with van der Waals surface area (Å²) in [5.41, 5.74) is 5.51. The van der Waals surface area contributed by atoms with Crippen LogP contribution in [0.15, 0.2) is 47.2 Å². The first-order chi connectivity index (χ1) is 11.6. The zero-order valence-electron chi connectivity index (χ0n) is 14.1. The molecule has 0 bridgehead atoms. The third-order valence-corrected chi connectivity index (χ3v) is 5.59. The molecule has 0 radical (unpaired) electrons. The molecule has 0 fully saturated rings. The Morgan fingerprint density at radius 3 is 2.62 bits per heavy atom. The first-order valence-corrected chi connectivity index (χ1v) is 9.14. The van der Waals surface area contributed by atoms with Crippen LogP contribution in [0.3, 0.4) is 0 Å². The number of hydrogen-bond acceptors (Lipinski definition) is 4. The SMILES string of the molecule is CC(C)c1ccc2sc(CC(C)c3ccc4ocnc4c3)nc2c1. The molecule has 0 N–H and O–H groups in total. The number of nitrogens with zero attached hydrogens (tertiary/aromatic N) is 2. The molecular weight excluding hydrogens is 316 g/mol. The van der Waals surface area contributed by atoms with Crippen molar-refractivity contribution in [2.24, 2.45) is 0 Å². The molecule has 0 amide bonds. The molecule has 1 unspecified atom stereocenters. The van der Waals surface area contributed by atoms with Gasteiger partial charge in [0.25, 0.3) is 0 Å². The maximum atomic E-state index is 5.32. The molecule has 0 aliphatic rings. The largest absolute Gasteiger partial charge is 0.443 e. The second-order valence-electron chi connectivity index (χ2n) is 6.67. The predicted octanol–water partition coefficient (Wildman–Crippen LogP) is 5.91. The third-order valence-electron chi connectivity index (χ3n) is 4.53. The van der Waals surface area contributed by atoms with Crippen LogP contribution in [0.1, 0.15) is 48.7 Å². The summed E-state index contributed by atoms with van der Waals surface area (Å²) in [6.45, 7) is 6.68. The minimum absolute atomic E-state index is 0.399. The van der Waals surface area contributed by atoms with Gasteiger partial charge in [-0.1, -0.05) is 32.9 Å². The number of thiazole rings is 1. The summed E-state index contributed by atoms with van der Waals surface area (Å²) in [6, 6.07) is 12.9. The monoisotopic (exact) mass is 336 g/mol. The van der Waals surface area contributed by atoms with Crippen molar-refractivity contribution in [3.05, 3.63) is 58.9 Å². The van der Waals surface area contributed by atoms with Crippen LogP contribution in [-0.4, -0.2) is 9.97 Å². The van der Waals surface area contributed by atoms with Crippen molar-refractivity contribution >= 4 is 32.7 Å². The van der Waals surface area contributed by atoms with Gasteiger partial charge in [0.2, 0.25) is 0 Å². The quantitative estimate of drug-likeness (QED) is 0.465. The van der Waals surface area contributed by atoms with Crippen LogP contribution < -0.4 is 0 Å². The van der Waals surface area contributed by atoms with Crippen LogP contribution in [0.4, 0.5) is 0 Å². The van der Waals surface area contributed by atoms with Crippen LogP contribution >= 0.6 is 11.3 Å². The molecule has 2 heterocycles. The smallest absolute Gasteiger partial charge is 0.181 e. The van der Waals surface area contributed by atoms with Crippen molar-refractivity contribution in [2.75, 3.05) is 0 Å². The van der Waals surface area contributed by atoms with Crippen LogP contribution in [0.2, 0.25) is 0 Å². The van der Waals surface area contributed by atoms with Gasteiger partial charge in [-0.25, -0.2) is 9.97 Å². The van der Waals surface area contributed by atoms with Crippen molar-refractivity contribution in [3.8, 4) is 0 Å². The standard InChI is InChI=1S/C20H20N2OS/c1-12(2)14-5-7-19-17(9-14)22-20(24-19)8-13(3)15-4-6-18-16(10-15)21-11-23-18/h4-7,9-13H,8H2,1-3H3. The Bertz CT molecular complexity index is 999. The van der Waals surface area contributed by atoms with Gasteiger partial charge in [0.15, 0.2) is 12.0 Å². The molecule has 2 aromatic carbocycles. The van der Waals surface area contributed by atoms with E-state index in [0.717, 1.165) is 23.0 Å². The third kappa shape index (κ3) is 2.82. The highest BCUT2D eigenvalue weighted by Crippen LogP contribution is 2.30. The van der Waals surface area contributed by atoms with E-state index >= 15 is 0 Å². The Morgan fingerprint density at radius 2 is 1.79 bits per heavy atom. The van der Waals surface area contributed by atoms with Gasteiger partial charge < -0.3 is 4.42 Å². The van der Waals surface area contributed by atoms with E-state index in [1.165, 1.54) is 27.2 Å². The lowest BCUT2D eigenvalue weighted by atomic mass is 9.98. The molecular formula is C20H20N2OS. The zero-order chi connectivity index (χ0) is 16.7. The van der Waals surface area contributed by atoms with E-state index in [1.807, 2.05) is 6.07 Å². The van der Waals surface area contributed by atoms with Gasteiger partial charge >= 0.3 is 0 Å². The molecule has 0 saturated carbocycles. The van der Waals surface area contributed by atoms with Gasteiger partial charge in [0, 0.05) is 6.42 Å². The second-order valence-corrected chi connectivity index (χ2v) is 7.79. The van der Waals surface area contributed by atoms with Gasteiger partial charge in [0.05, 0.1) is 15.2 Å². The Morgan fingerprint density at radius 1 is 1.00 bits per heavy atom. The molecule has 0 aliphatic heterocycles. The van der Waals surface area contributed by atoms with E-state index in [9.17, 15) is 0 Å². The fourth-order valence-electron chi connectivity index (χ4n) is 3.00. The second kappa shape index (κ2) is 6.02. The highest BCUT2D eigenvalue weighted by molar-refractivity contribution is 7.18. The van der Waals surface area contributed by atoms with Gasteiger partial charge in [-0.05, 0) is 47.2 Å². The Balaban J connectivity index is 1.60. The van der Waals surface area contributed by atoms with Crippen molar-refractivity contribution < 1.29 is 4.42 Å². The number of fused-ring (bicyclic) bond motifs is 2. The van der Waals surface area contributed by atoms with Gasteiger partial charge in [-0.3, -0.25) is 0 Å². The molecule has 122 valence electrons. The fraction of sp³-hybridized carbons (Fsp3) is 0.300. The average Bonchev–Trinajstić information content (AvgIpc) is 3.18. The maximum Gasteiger partial charge on any atom is 0.181 e. The normalized spacial score (nSPS) is 13.2. The fourth-order valence-corrected chi connectivity index (χ4v) is 4.08. The van der Waals surface area contributed by atoms with E-state index in [4.69, 9.17) is 9.40 Å². The number of benzene rings is 2. The van der Waals surface area contributed by atoms with Crippen molar-refractivity contribution in [1.29, 1.82) is 0 Å². The Hall–Kier alpha value is -2.20. The highest BCUT2D eigenvalue weighted by atomic mass is 32.1.